The van der Waals surface area contributed by atoms with Crippen molar-refractivity contribution in [2.45, 2.75) is 82.9 Å². The molecular weight excluding hydrogens is 496 g/mol. The summed E-state index contributed by atoms with van der Waals surface area (Å²) in [7, 11) is -2.23. The zero-order valence-electron chi connectivity index (χ0n) is 22.1. The smallest absolute Gasteiger partial charge is 0.311 e. The van der Waals surface area contributed by atoms with Crippen LogP contribution in [0.25, 0.3) is 0 Å². The van der Waals surface area contributed by atoms with Crippen molar-refractivity contribution in [3.05, 3.63) is 35.9 Å². The molecule has 0 aromatic heterocycles. The first-order valence-corrected chi connectivity index (χ1v) is 15.5. The predicted octanol–water partition coefficient (Wildman–Crippen LogP) is 4.47. The molecule has 1 aromatic carbocycles. The van der Waals surface area contributed by atoms with E-state index in [1.165, 1.54) is 12.7 Å². The van der Waals surface area contributed by atoms with E-state index in [4.69, 9.17) is 23.1 Å². The molecule has 7 atom stereocenters. The van der Waals surface area contributed by atoms with E-state index in [0.29, 0.717) is 26.2 Å². The van der Waals surface area contributed by atoms with Crippen LogP contribution < -0.4 is 0 Å². The van der Waals surface area contributed by atoms with Gasteiger partial charge in [-0.2, -0.15) is 8.42 Å². The Morgan fingerprint density at radius 3 is 2.57 bits per heavy atom. The van der Waals surface area contributed by atoms with Gasteiger partial charge in [0.1, 0.15) is 0 Å². The highest BCUT2D eigenvalue weighted by Gasteiger charge is 2.58. The molecule has 1 heterocycles. The number of ether oxygens (including phenoxy) is 4. The molecule has 0 spiro atoms. The fraction of sp³-hybridized carbons (Fsp3) is 0.750. The van der Waals surface area contributed by atoms with Crippen LogP contribution in [0.3, 0.4) is 0 Å². The molecule has 2 aliphatic carbocycles. The van der Waals surface area contributed by atoms with E-state index in [2.05, 4.69) is 12.1 Å². The molecule has 1 aromatic rings. The highest BCUT2D eigenvalue weighted by Crippen LogP contribution is 2.54. The lowest BCUT2D eigenvalue weighted by atomic mass is 9.89. The van der Waals surface area contributed by atoms with E-state index >= 15 is 0 Å². The molecule has 37 heavy (non-hydrogen) atoms. The van der Waals surface area contributed by atoms with Crippen molar-refractivity contribution in [2.24, 2.45) is 23.7 Å². The lowest BCUT2D eigenvalue weighted by molar-refractivity contribution is -0.201. The van der Waals surface area contributed by atoms with Gasteiger partial charge in [-0.25, -0.2) is 0 Å². The van der Waals surface area contributed by atoms with Crippen molar-refractivity contribution in [3.8, 4) is 0 Å². The predicted molar refractivity (Wildman–Crippen MR) is 138 cm³/mol. The van der Waals surface area contributed by atoms with E-state index < -0.39 is 22.1 Å². The lowest BCUT2D eigenvalue weighted by Gasteiger charge is -2.30. The number of carbonyl (C=O) groups excluding carboxylic acids is 1. The summed E-state index contributed by atoms with van der Waals surface area (Å²) < 4.78 is 53.0. The Hall–Kier alpha value is -1.52. The van der Waals surface area contributed by atoms with Gasteiger partial charge in [-0.1, -0.05) is 43.2 Å². The summed E-state index contributed by atoms with van der Waals surface area (Å²) in [5, 5.41) is 0. The van der Waals surface area contributed by atoms with E-state index in [-0.39, 0.29) is 36.1 Å². The van der Waals surface area contributed by atoms with Crippen LogP contribution in [0.1, 0.15) is 63.4 Å². The van der Waals surface area contributed by atoms with Crippen molar-refractivity contribution < 1.29 is 36.3 Å². The van der Waals surface area contributed by atoms with Crippen LogP contribution in [0.15, 0.2) is 30.3 Å². The van der Waals surface area contributed by atoms with Gasteiger partial charge in [-0.3, -0.25) is 8.98 Å². The number of benzene rings is 1. The maximum Gasteiger partial charge on any atom is 0.311 e. The first-order valence-electron chi connectivity index (χ1n) is 13.7. The summed E-state index contributed by atoms with van der Waals surface area (Å²) in [6.45, 7) is 1.97. The van der Waals surface area contributed by atoms with Crippen LogP contribution in [0.2, 0.25) is 0 Å². The SMILES string of the molecule is COC(=O)[C@H]1[C@@H]2C[C@@H](CCCCCOCc3ccccc3)[C@@H](OS(C)(=O)=O)[C@@H]2C[C@@H]1OC1CCCCO1. The van der Waals surface area contributed by atoms with Crippen LogP contribution in [-0.2, 0) is 44.7 Å². The zero-order valence-corrected chi connectivity index (χ0v) is 22.9. The Morgan fingerprint density at radius 1 is 1.05 bits per heavy atom. The largest absolute Gasteiger partial charge is 0.469 e. The molecule has 0 radical (unpaired) electrons. The number of fused-ring (bicyclic) bond motifs is 1. The van der Waals surface area contributed by atoms with Crippen LogP contribution in [0.5, 0.6) is 0 Å². The Morgan fingerprint density at radius 2 is 1.86 bits per heavy atom. The van der Waals surface area contributed by atoms with Crippen molar-refractivity contribution in [1.29, 1.82) is 0 Å². The fourth-order valence-corrected chi connectivity index (χ4v) is 7.17. The maximum atomic E-state index is 12.9. The van der Waals surface area contributed by atoms with Gasteiger partial charge >= 0.3 is 5.97 Å². The van der Waals surface area contributed by atoms with Crippen LogP contribution >= 0.6 is 0 Å². The average Bonchev–Trinajstić information content (AvgIpc) is 3.38. The number of carbonyl (C=O) groups is 1. The normalized spacial score (nSPS) is 31.8. The van der Waals surface area contributed by atoms with Crippen LogP contribution in [0.4, 0.5) is 0 Å². The Bertz CT molecular complexity index is 946. The summed E-state index contributed by atoms with van der Waals surface area (Å²) in [6.07, 6.45) is 7.93. The quantitative estimate of drug-likeness (QED) is 0.206. The topological polar surface area (TPSA) is 97.4 Å². The number of unbranched alkanes of at least 4 members (excludes halogenated alkanes) is 2. The minimum absolute atomic E-state index is 0.0213. The maximum absolute atomic E-state index is 12.9. The number of hydrogen-bond donors (Lipinski definition) is 0. The molecule has 1 saturated heterocycles. The van der Waals surface area contributed by atoms with Gasteiger partial charge in [0.25, 0.3) is 10.1 Å². The Balaban J connectivity index is 1.31. The average molecular weight is 539 g/mol. The van der Waals surface area contributed by atoms with Crippen molar-refractivity contribution >= 4 is 16.1 Å². The third-order valence-electron chi connectivity index (χ3n) is 8.08. The Labute approximate surface area is 221 Å². The van der Waals surface area contributed by atoms with Gasteiger partial charge in [0, 0.05) is 13.2 Å². The second-order valence-electron chi connectivity index (χ2n) is 10.7. The van der Waals surface area contributed by atoms with Gasteiger partial charge in [-0.05, 0) is 68.3 Å². The molecule has 3 fully saturated rings. The standard InChI is InChI=1S/C28H42O8S/c1-32-28(29)26-22-17-21(13-7-4-9-15-33-19-20-11-5-3-6-12-20)27(36-37(2,30)31)23(22)18-24(26)35-25-14-8-10-16-34-25/h3,5-6,11-12,21-27H,4,7-10,13-19H2,1-2H3/t21-,22-,23-,24+,25?,26+,27-/m1/s1. The summed E-state index contributed by atoms with van der Waals surface area (Å²) in [6, 6.07) is 10.1. The number of esters is 1. The number of hydrogen-bond acceptors (Lipinski definition) is 8. The molecule has 0 bridgehead atoms. The van der Waals surface area contributed by atoms with Crippen molar-refractivity contribution in [3.63, 3.8) is 0 Å². The molecule has 208 valence electrons. The highest BCUT2D eigenvalue weighted by molar-refractivity contribution is 7.86. The molecule has 0 amide bonds. The first kappa shape index (κ1) is 28.5. The second-order valence-corrected chi connectivity index (χ2v) is 12.3. The Kier molecular flexibility index (Phi) is 10.4. The third-order valence-corrected chi connectivity index (χ3v) is 8.65. The molecule has 3 aliphatic rings. The van der Waals surface area contributed by atoms with E-state index in [0.717, 1.165) is 57.6 Å². The summed E-state index contributed by atoms with van der Waals surface area (Å²) >= 11 is 0. The number of rotatable bonds is 13. The van der Waals surface area contributed by atoms with Crippen molar-refractivity contribution in [1.82, 2.24) is 0 Å². The molecular formula is C28H42O8S. The summed E-state index contributed by atoms with van der Waals surface area (Å²) in [5.74, 6) is -0.724. The number of methoxy groups -OCH3 is 1. The second kappa shape index (κ2) is 13.5. The minimum atomic E-state index is -3.64. The van der Waals surface area contributed by atoms with Gasteiger partial charge in [0.05, 0.1) is 38.1 Å². The molecule has 9 heteroatoms. The van der Waals surface area contributed by atoms with E-state index in [1.807, 2.05) is 18.2 Å². The molecule has 1 aliphatic heterocycles. The minimum Gasteiger partial charge on any atom is -0.469 e. The van der Waals surface area contributed by atoms with Gasteiger partial charge in [0.2, 0.25) is 0 Å². The van der Waals surface area contributed by atoms with E-state index in [9.17, 15) is 13.2 Å². The molecule has 8 nitrogen and oxygen atoms in total. The molecule has 2 saturated carbocycles. The molecule has 1 unspecified atom stereocenters. The highest BCUT2D eigenvalue weighted by atomic mass is 32.2. The molecule has 4 rings (SSSR count). The summed E-state index contributed by atoms with van der Waals surface area (Å²) in [5.41, 5.74) is 1.17. The van der Waals surface area contributed by atoms with Crippen LogP contribution in [-0.4, -0.2) is 59.5 Å². The first-order chi connectivity index (χ1) is 17.9. The fourth-order valence-electron chi connectivity index (χ4n) is 6.47. The molecule has 0 N–H and O–H groups in total. The van der Waals surface area contributed by atoms with Gasteiger partial charge in [0.15, 0.2) is 6.29 Å². The van der Waals surface area contributed by atoms with Gasteiger partial charge in [-0.15, -0.1) is 0 Å². The zero-order chi connectivity index (χ0) is 26.3. The third kappa shape index (κ3) is 7.99. The summed E-state index contributed by atoms with van der Waals surface area (Å²) in [4.78, 5) is 12.9. The van der Waals surface area contributed by atoms with Gasteiger partial charge < -0.3 is 18.9 Å². The van der Waals surface area contributed by atoms with E-state index in [1.54, 1.807) is 0 Å². The van der Waals surface area contributed by atoms with Crippen LogP contribution in [0, 0.1) is 23.7 Å². The monoisotopic (exact) mass is 538 g/mol. The van der Waals surface area contributed by atoms with Crippen molar-refractivity contribution in [2.75, 3.05) is 26.6 Å². The lowest BCUT2D eigenvalue weighted by Crippen LogP contribution is -2.36.